The number of hydrogen-bond donors (Lipinski definition) is 1. The van der Waals surface area contributed by atoms with Crippen molar-refractivity contribution in [2.24, 2.45) is 0 Å². The zero-order chi connectivity index (χ0) is 18.9. The Kier molecular flexibility index (Phi) is 5.20. The molecule has 0 amide bonds. The van der Waals surface area contributed by atoms with Crippen LogP contribution in [0.3, 0.4) is 0 Å². The van der Waals surface area contributed by atoms with Gasteiger partial charge in [-0.2, -0.15) is 13.2 Å². The summed E-state index contributed by atoms with van der Waals surface area (Å²) in [5, 5.41) is 7.37. The highest BCUT2D eigenvalue weighted by Gasteiger charge is 2.46. The first-order valence-corrected chi connectivity index (χ1v) is 9.73. The predicted octanol–water partition coefficient (Wildman–Crippen LogP) is 1.07. The van der Waals surface area contributed by atoms with Crippen LogP contribution >= 0.6 is 0 Å². The van der Waals surface area contributed by atoms with Crippen molar-refractivity contribution in [2.75, 3.05) is 0 Å². The van der Waals surface area contributed by atoms with E-state index in [1.807, 2.05) is 0 Å². The third-order valence-corrected chi connectivity index (χ3v) is 6.13. The summed E-state index contributed by atoms with van der Waals surface area (Å²) in [5.74, 6) is 0.349. The monoisotopic (exact) mass is 398 g/mol. The van der Waals surface area contributed by atoms with E-state index in [1.165, 1.54) is 6.33 Å². The highest BCUT2D eigenvalue weighted by Crippen LogP contribution is 2.30. The third kappa shape index (κ3) is 3.99. The molecule has 8 nitrogen and oxygen atoms in total. The van der Waals surface area contributed by atoms with E-state index < -0.39 is 30.3 Å². The average Bonchev–Trinajstić information content (AvgIpc) is 2.99. The highest BCUT2D eigenvalue weighted by atomic mass is 32.2. The molecule has 0 saturated heterocycles. The molecule has 0 fully saturated rings. The Morgan fingerprint density at radius 1 is 1.08 bits per heavy atom. The Balaban J connectivity index is 2.21. The molecule has 1 aromatic heterocycles. The van der Waals surface area contributed by atoms with E-state index >= 15 is 0 Å². The highest BCUT2D eigenvalue weighted by molar-refractivity contribution is 7.92. The van der Waals surface area contributed by atoms with Crippen LogP contribution in [0.25, 0.3) is 0 Å². The number of nitrogens with one attached hydrogen (secondary N) is 1. The van der Waals surface area contributed by atoms with Crippen molar-refractivity contribution in [3.05, 3.63) is 36.4 Å². The molecule has 0 saturated carbocycles. The summed E-state index contributed by atoms with van der Waals surface area (Å²) in [4.78, 5) is -1.42. The summed E-state index contributed by atoms with van der Waals surface area (Å²) >= 11 is 0. The van der Waals surface area contributed by atoms with Crippen LogP contribution in [0.4, 0.5) is 13.2 Å². The minimum Gasteiger partial charge on any atom is -0.317 e. The molecule has 0 unspecified atom stereocenters. The molecule has 25 heavy (non-hydrogen) atoms. The molecular weight excluding hydrogens is 385 g/mol. The number of sulfonamides is 1. The van der Waals surface area contributed by atoms with Crippen molar-refractivity contribution in [3.63, 3.8) is 0 Å². The topological polar surface area (TPSA) is 111 Å². The first-order valence-electron chi connectivity index (χ1n) is 6.77. The van der Waals surface area contributed by atoms with Crippen molar-refractivity contribution in [2.45, 2.75) is 35.3 Å². The van der Waals surface area contributed by atoms with E-state index in [9.17, 15) is 30.0 Å². The zero-order valence-electron chi connectivity index (χ0n) is 12.7. The minimum absolute atomic E-state index is 0.182. The standard InChI is InChI=1S/C12H13F3N4O4S2/c1-2-19-8-16-18-11(19)7-17-25(22,23)10-5-3-9(4-6-10)24(20,21)12(13,14)15/h3-6,8,17H,2,7H2,1H3. The molecule has 0 bridgehead atoms. The summed E-state index contributed by atoms with van der Waals surface area (Å²) in [6.45, 7) is 2.15. The average molecular weight is 398 g/mol. The number of alkyl halides is 3. The van der Waals surface area contributed by atoms with E-state index in [0.717, 1.165) is 12.1 Å². The van der Waals surface area contributed by atoms with Crippen LogP contribution in [0, 0.1) is 0 Å². The van der Waals surface area contributed by atoms with Crippen molar-refractivity contribution in [1.29, 1.82) is 0 Å². The molecule has 2 rings (SSSR count). The van der Waals surface area contributed by atoms with Crippen LogP contribution in [0.2, 0.25) is 0 Å². The first kappa shape index (κ1) is 19.3. The van der Waals surface area contributed by atoms with Gasteiger partial charge in [0.2, 0.25) is 10.0 Å². The van der Waals surface area contributed by atoms with Crippen LogP contribution < -0.4 is 4.72 Å². The van der Waals surface area contributed by atoms with E-state index in [0.29, 0.717) is 24.5 Å². The number of nitrogens with zero attached hydrogens (tertiary/aromatic N) is 3. The fourth-order valence-electron chi connectivity index (χ4n) is 1.85. The predicted molar refractivity (Wildman–Crippen MR) is 79.4 cm³/mol. The van der Waals surface area contributed by atoms with Gasteiger partial charge in [-0.3, -0.25) is 0 Å². The minimum atomic E-state index is -5.53. The second kappa shape index (κ2) is 6.72. The van der Waals surface area contributed by atoms with Crippen molar-refractivity contribution >= 4 is 19.9 Å². The molecule has 0 atom stereocenters. The maximum atomic E-state index is 12.5. The van der Waals surface area contributed by atoms with Gasteiger partial charge in [0.1, 0.15) is 12.2 Å². The van der Waals surface area contributed by atoms with Crippen LogP contribution in [0.1, 0.15) is 12.7 Å². The second-order valence-corrected chi connectivity index (χ2v) is 8.49. The quantitative estimate of drug-likeness (QED) is 0.779. The summed E-state index contributed by atoms with van der Waals surface area (Å²) in [5.41, 5.74) is -5.46. The maximum Gasteiger partial charge on any atom is 0.501 e. The number of sulfone groups is 1. The summed E-state index contributed by atoms with van der Waals surface area (Å²) < 4.78 is 88.0. The normalized spacial score (nSPS) is 13.1. The van der Waals surface area contributed by atoms with Gasteiger partial charge in [-0.05, 0) is 31.2 Å². The first-order chi connectivity index (χ1) is 11.5. The lowest BCUT2D eigenvalue weighted by Gasteiger charge is -2.10. The summed E-state index contributed by atoms with van der Waals surface area (Å²) in [6, 6.07) is 2.74. The van der Waals surface area contributed by atoms with E-state index in [-0.39, 0.29) is 11.4 Å². The zero-order valence-corrected chi connectivity index (χ0v) is 14.4. The Hall–Kier alpha value is -1.99. The van der Waals surface area contributed by atoms with Gasteiger partial charge in [-0.25, -0.2) is 21.6 Å². The van der Waals surface area contributed by atoms with E-state index in [2.05, 4.69) is 14.9 Å². The molecule has 138 valence electrons. The van der Waals surface area contributed by atoms with E-state index in [4.69, 9.17) is 0 Å². The van der Waals surface area contributed by atoms with Crippen LogP contribution in [0.5, 0.6) is 0 Å². The van der Waals surface area contributed by atoms with Crippen molar-refractivity contribution in [3.8, 4) is 0 Å². The molecule has 1 N–H and O–H groups in total. The van der Waals surface area contributed by atoms with Crippen LogP contribution in [-0.4, -0.2) is 37.1 Å². The second-order valence-electron chi connectivity index (χ2n) is 4.78. The Morgan fingerprint density at radius 3 is 2.16 bits per heavy atom. The molecule has 2 aromatic rings. The van der Waals surface area contributed by atoms with Gasteiger partial charge < -0.3 is 4.57 Å². The van der Waals surface area contributed by atoms with Crippen molar-refractivity contribution in [1.82, 2.24) is 19.5 Å². The van der Waals surface area contributed by atoms with Crippen LogP contribution in [0.15, 0.2) is 40.4 Å². The number of benzene rings is 1. The van der Waals surface area contributed by atoms with Gasteiger partial charge in [0.05, 0.1) is 16.3 Å². The van der Waals surface area contributed by atoms with Gasteiger partial charge in [-0.15, -0.1) is 10.2 Å². The number of aromatic nitrogens is 3. The molecule has 0 spiro atoms. The van der Waals surface area contributed by atoms with Gasteiger partial charge in [0, 0.05) is 6.54 Å². The maximum absolute atomic E-state index is 12.5. The molecule has 13 heteroatoms. The Bertz CT molecular complexity index is 951. The van der Waals surface area contributed by atoms with Gasteiger partial charge in [0.15, 0.2) is 0 Å². The molecule has 0 radical (unpaired) electrons. The number of hydrogen-bond acceptors (Lipinski definition) is 6. The number of rotatable bonds is 6. The van der Waals surface area contributed by atoms with Gasteiger partial charge >= 0.3 is 5.51 Å². The molecule has 0 aliphatic heterocycles. The molecular formula is C12H13F3N4O4S2. The molecule has 1 heterocycles. The summed E-state index contributed by atoms with van der Waals surface area (Å²) in [6.07, 6.45) is 1.42. The lowest BCUT2D eigenvalue weighted by atomic mass is 10.4. The van der Waals surface area contributed by atoms with Gasteiger partial charge in [-0.1, -0.05) is 0 Å². The smallest absolute Gasteiger partial charge is 0.317 e. The molecule has 0 aliphatic carbocycles. The molecule has 1 aromatic carbocycles. The van der Waals surface area contributed by atoms with E-state index in [1.54, 1.807) is 11.5 Å². The third-order valence-electron chi connectivity index (χ3n) is 3.21. The van der Waals surface area contributed by atoms with Crippen LogP contribution in [-0.2, 0) is 33.0 Å². The number of halogens is 3. The Labute approximate surface area is 141 Å². The SMILES string of the molecule is CCn1cnnc1CNS(=O)(=O)c1ccc(S(=O)(=O)C(F)(F)F)cc1. The van der Waals surface area contributed by atoms with Gasteiger partial charge in [0.25, 0.3) is 9.84 Å². The summed E-state index contributed by atoms with van der Waals surface area (Å²) in [7, 11) is -9.60. The lowest BCUT2D eigenvalue weighted by molar-refractivity contribution is -0.0436. The Morgan fingerprint density at radius 2 is 1.64 bits per heavy atom. The number of aryl methyl sites for hydroxylation is 1. The van der Waals surface area contributed by atoms with Crippen molar-refractivity contribution < 1.29 is 30.0 Å². The largest absolute Gasteiger partial charge is 0.501 e. The fraction of sp³-hybridized carbons (Fsp3) is 0.333. The fourth-order valence-corrected chi connectivity index (χ4v) is 3.60. The lowest BCUT2D eigenvalue weighted by Crippen LogP contribution is -2.25. The molecule has 0 aliphatic rings.